The lowest BCUT2D eigenvalue weighted by atomic mass is 9.64. The first kappa shape index (κ1) is 25.1. The fourth-order valence-corrected chi connectivity index (χ4v) is 7.01. The third-order valence-electron chi connectivity index (χ3n) is 8.75. The van der Waals surface area contributed by atoms with E-state index < -0.39 is 23.0 Å². The highest BCUT2D eigenvalue weighted by atomic mass is 16.6. The first-order chi connectivity index (χ1) is 18.9. The van der Waals surface area contributed by atoms with Crippen LogP contribution in [0.15, 0.2) is 60.7 Å². The van der Waals surface area contributed by atoms with Gasteiger partial charge in [-0.3, -0.25) is 9.59 Å². The molecule has 196 valence electrons. The normalized spacial score (nSPS) is 28.9. The summed E-state index contributed by atoms with van der Waals surface area (Å²) in [5.74, 6) is -1.32. The lowest BCUT2D eigenvalue weighted by Crippen LogP contribution is -2.51. The number of methoxy groups -OCH3 is 1. The van der Waals surface area contributed by atoms with Crippen LogP contribution in [0.2, 0.25) is 0 Å². The minimum absolute atomic E-state index is 0.270. The molecule has 3 aromatic rings. The monoisotopic (exact) mass is 521 g/mol. The fourth-order valence-electron chi connectivity index (χ4n) is 7.01. The van der Waals surface area contributed by atoms with Gasteiger partial charge >= 0.3 is 0 Å². The number of rotatable bonds is 7. The van der Waals surface area contributed by atoms with Gasteiger partial charge in [0.1, 0.15) is 11.4 Å². The molecule has 0 N–H and O–H groups in total. The molecule has 39 heavy (non-hydrogen) atoms. The Kier molecular flexibility index (Phi) is 5.91. The molecule has 0 radical (unpaired) electrons. The maximum absolute atomic E-state index is 14.2. The molecule has 3 aliphatic rings. The number of anilines is 1. The van der Waals surface area contributed by atoms with Gasteiger partial charge < -0.3 is 14.2 Å². The van der Waals surface area contributed by atoms with Crippen LogP contribution >= 0.6 is 0 Å². The molecule has 0 saturated carbocycles. The summed E-state index contributed by atoms with van der Waals surface area (Å²) in [5.41, 5.74) is -0.328. The Morgan fingerprint density at radius 3 is 2.36 bits per heavy atom. The van der Waals surface area contributed by atoms with E-state index in [4.69, 9.17) is 19.5 Å². The van der Waals surface area contributed by atoms with E-state index in [1.165, 1.54) is 4.90 Å². The van der Waals surface area contributed by atoms with E-state index in [0.29, 0.717) is 52.6 Å². The lowest BCUT2D eigenvalue weighted by molar-refractivity contribution is -0.138. The molecule has 2 amide bonds. The number of carbonyl (C=O) groups is 2. The molecule has 6 rings (SSSR count). The molecule has 5 atom stereocenters. The smallest absolute Gasteiger partial charge is 0.240 e. The molecule has 3 aliphatic heterocycles. The number of nitriles is 2. The number of amides is 2. The van der Waals surface area contributed by atoms with Crippen LogP contribution in [0.25, 0.3) is 10.8 Å². The van der Waals surface area contributed by atoms with Crippen molar-refractivity contribution >= 4 is 28.3 Å². The van der Waals surface area contributed by atoms with Gasteiger partial charge in [-0.1, -0.05) is 31.2 Å². The van der Waals surface area contributed by atoms with E-state index >= 15 is 0 Å². The zero-order chi connectivity index (χ0) is 27.4. The molecule has 8 nitrogen and oxygen atoms in total. The first-order valence-electron chi connectivity index (χ1n) is 13.1. The van der Waals surface area contributed by atoms with Crippen LogP contribution in [0.3, 0.4) is 0 Å². The van der Waals surface area contributed by atoms with Crippen molar-refractivity contribution in [1.29, 1.82) is 10.5 Å². The summed E-state index contributed by atoms with van der Waals surface area (Å²) in [4.78, 5) is 29.7. The van der Waals surface area contributed by atoms with Gasteiger partial charge in [0.15, 0.2) is 0 Å². The number of fused-ring (bicyclic) bond motifs is 6. The average molecular weight is 522 g/mol. The Hall–Kier alpha value is -4.24. The number of hydrogen-bond donors (Lipinski definition) is 0. The third kappa shape index (κ3) is 3.49. The van der Waals surface area contributed by atoms with Crippen molar-refractivity contribution in [1.82, 2.24) is 0 Å². The molecule has 3 heterocycles. The maximum Gasteiger partial charge on any atom is 0.240 e. The van der Waals surface area contributed by atoms with Gasteiger partial charge in [0.25, 0.3) is 0 Å². The van der Waals surface area contributed by atoms with Crippen molar-refractivity contribution < 1.29 is 23.8 Å². The number of carbonyl (C=O) groups excluding carboxylic acids is 2. The number of ether oxygens (including phenoxy) is 3. The highest BCUT2D eigenvalue weighted by Crippen LogP contribution is 2.64. The Balaban J connectivity index is 1.37. The van der Waals surface area contributed by atoms with Crippen molar-refractivity contribution in [3.05, 3.63) is 71.8 Å². The second-order valence-corrected chi connectivity index (χ2v) is 10.4. The molecule has 0 spiro atoms. The quantitative estimate of drug-likeness (QED) is 0.421. The molecule has 2 bridgehead atoms. The molecule has 8 heteroatoms. The minimum atomic E-state index is -0.919. The standard InChI is InChI=1S/C31H27N3O5/c1-3-31-25(37-2)16-30(39-31,14-15-38-21-11-8-19(17-32)9-12-21)26-27(31)29(36)34(28(26)35)24-13-10-20(18-33)22-6-4-5-7-23(22)24/h4-13,25-27H,3,14-16H2,1-2H3/t25?,26-,27+,30-,31+/m0/s1. The number of nitrogens with zero attached hydrogens (tertiary/aromatic N) is 3. The van der Waals surface area contributed by atoms with Crippen LogP contribution in [-0.4, -0.2) is 42.8 Å². The molecular weight excluding hydrogens is 494 g/mol. The van der Waals surface area contributed by atoms with Gasteiger partial charge in [0.05, 0.1) is 59.1 Å². The topological polar surface area (TPSA) is 113 Å². The number of benzene rings is 3. The van der Waals surface area contributed by atoms with Crippen LogP contribution in [-0.2, 0) is 19.1 Å². The highest BCUT2D eigenvalue weighted by Gasteiger charge is 2.78. The summed E-state index contributed by atoms with van der Waals surface area (Å²) < 4.78 is 18.6. The molecule has 0 aliphatic carbocycles. The SMILES string of the molecule is CC[C@@]12O[C@@](CCOc3ccc(C#N)cc3)(CC1OC)[C@@H]1C(=O)N(c3ccc(C#N)c4ccccc34)C(=O)[C@@H]12. The summed E-state index contributed by atoms with van der Waals surface area (Å²) in [7, 11) is 1.62. The van der Waals surface area contributed by atoms with Gasteiger partial charge in [-0.25, -0.2) is 4.90 Å². The fraction of sp³-hybridized carbons (Fsp3) is 0.355. The van der Waals surface area contributed by atoms with Crippen molar-refractivity contribution in [2.24, 2.45) is 11.8 Å². The largest absolute Gasteiger partial charge is 0.493 e. The predicted octanol–water partition coefficient (Wildman–Crippen LogP) is 4.49. The van der Waals surface area contributed by atoms with E-state index in [2.05, 4.69) is 12.1 Å². The van der Waals surface area contributed by atoms with E-state index in [1.54, 1.807) is 43.5 Å². The maximum atomic E-state index is 14.2. The van der Waals surface area contributed by atoms with Crippen molar-refractivity contribution in [3.63, 3.8) is 0 Å². The summed E-state index contributed by atoms with van der Waals surface area (Å²) >= 11 is 0. The lowest BCUT2D eigenvalue weighted by Gasteiger charge is -2.36. The Labute approximate surface area is 226 Å². The molecule has 0 aromatic heterocycles. The van der Waals surface area contributed by atoms with Crippen molar-refractivity contribution in [3.8, 4) is 17.9 Å². The van der Waals surface area contributed by atoms with Gasteiger partial charge in [-0.2, -0.15) is 10.5 Å². The van der Waals surface area contributed by atoms with Gasteiger partial charge in [0.2, 0.25) is 11.8 Å². The zero-order valence-electron chi connectivity index (χ0n) is 21.7. The Bertz CT molecular complexity index is 1570. The number of hydrogen-bond acceptors (Lipinski definition) is 7. The Morgan fingerprint density at radius 1 is 0.974 bits per heavy atom. The summed E-state index contributed by atoms with van der Waals surface area (Å²) in [6.45, 7) is 2.24. The van der Waals surface area contributed by atoms with Gasteiger partial charge in [-0.15, -0.1) is 0 Å². The minimum Gasteiger partial charge on any atom is -0.493 e. The van der Waals surface area contributed by atoms with Crippen LogP contribution in [0.4, 0.5) is 5.69 Å². The van der Waals surface area contributed by atoms with Crippen LogP contribution in [0, 0.1) is 34.5 Å². The van der Waals surface area contributed by atoms with E-state index in [-0.39, 0.29) is 24.5 Å². The predicted molar refractivity (Wildman–Crippen MR) is 142 cm³/mol. The molecular formula is C31H27N3O5. The van der Waals surface area contributed by atoms with Gasteiger partial charge in [-0.05, 0) is 42.8 Å². The van der Waals surface area contributed by atoms with E-state index in [9.17, 15) is 14.9 Å². The summed E-state index contributed by atoms with van der Waals surface area (Å²) in [6, 6.07) is 21.8. The van der Waals surface area contributed by atoms with Crippen LogP contribution < -0.4 is 9.64 Å². The van der Waals surface area contributed by atoms with Gasteiger partial charge in [0, 0.05) is 30.7 Å². The molecule has 3 fully saturated rings. The van der Waals surface area contributed by atoms with E-state index in [0.717, 1.165) is 0 Å². The number of imide groups is 1. The summed E-state index contributed by atoms with van der Waals surface area (Å²) in [6.07, 6.45) is 1.06. The zero-order valence-corrected chi connectivity index (χ0v) is 21.7. The van der Waals surface area contributed by atoms with Crippen LogP contribution in [0.5, 0.6) is 5.75 Å². The second kappa shape index (κ2) is 9.20. The average Bonchev–Trinajstić information content (AvgIpc) is 3.56. The summed E-state index contributed by atoms with van der Waals surface area (Å²) in [5, 5.41) is 20.0. The van der Waals surface area contributed by atoms with Crippen molar-refractivity contribution in [2.45, 2.75) is 43.5 Å². The second-order valence-electron chi connectivity index (χ2n) is 10.4. The first-order valence-corrected chi connectivity index (χ1v) is 13.1. The highest BCUT2D eigenvalue weighted by molar-refractivity contribution is 6.26. The third-order valence-corrected chi connectivity index (χ3v) is 8.75. The van der Waals surface area contributed by atoms with Crippen LogP contribution in [0.1, 0.15) is 37.3 Å². The van der Waals surface area contributed by atoms with E-state index in [1.807, 2.05) is 31.2 Å². The Morgan fingerprint density at radius 2 is 1.69 bits per heavy atom. The van der Waals surface area contributed by atoms with Crippen molar-refractivity contribution in [2.75, 3.05) is 18.6 Å². The molecule has 1 unspecified atom stereocenters. The molecule has 3 aromatic carbocycles. The molecule has 3 saturated heterocycles.